The van der Waals surface area contributed by atoms with E-state index in [4.69, 9.17) is 0 Å². The molecule has 0 radical (unpaired) electrons. The quantitative estimate of drug-likeness (QED) is 0.237. The molecule has 1 aliphatic heterocycles. The Morgan fingerprint density at radius 2 is 2.07 bits per heavy atom. The number of aromatic nitrogens is 2. The van der Waals surface area contributed by atoms with Crippen molar-refractivity contribution in [2.75, 3.05) is 26.7 Å². The molecule has 0 aliphatic carbocycles. The number of hydrogen-bond donors (Lipinski definition) is 3. The Balaban J connectivity index is 0.00000280. The topological polar surface area (TPSA) is 68.3 Å². The van der Waals surface area contributed by atoms with Gasteiger partial charge in [0, 0.05) is 26.2 Å². The fourth-order valence-electron chi connectivity index (χ4n) is 3.58. The molecule has 1 atom stereocenters. The van der Waals surface area contributed by atoms with Gasteiger partial charge in [-0.05, 0) is 38.3 Å². The van der Waals surface area contributed by atoms with Gasteiger partial charge in [0.15, 0.2) is 5.96 Å². The number of nitrogens with zero attached hydrogens (tertiary/aromatic N) is 3. The van der Waals surface area contributed by atoms with Crippen molar-refractivity contribution in [2.24, 2.45) is 4.99 Å². The summed E-state index contributed by atoms with van der Waals surface area (Å²) < 4.78 is 0. The number of nitrogens with one attached hydrogen (secondary N) is 3. The molecule has 3 rings (SSSR count). The number of H-pyrrole nitrogens is 1. The summed E-state index contributed by atoms with van der Waals surface area (Å²) in [6.45, 7) is 6.30. The van der Waals surface area contributed by atoms with E-state index in [0.29, 0.717) is 6.54 Å². The minimum Gasteiger partial charge on any atom is -0.356 e. The zero-order valence-corrected chi connectivity index (χ0v) is 19.3. The summed E-state index contributed by atoms with van der Waals surface area (Å²) in [5, 5.41) is 6.73. The van der Waals surface area contributed by atoms with Crippen molar-refractivity contribution >= 4 is 29.9 Å². The number of rotatable bonds is 7. The summed E-state index contributed by atoms with van der Waals surface area (Å²) in [5.41, 5.74) is 2.18. The summed E-state index contributed by atoms with van der Waals surface area (Å²) in [6, 6.07) is 11.0. The van der Waals surface area contributed by atoms with Crippen LogP contribution in [0, 0.1) is 0 Å². The van der Waals surface area contributed by atoms with Gasteiger partial charge in [0.05, 0.1) is 18.4 Å². The molecule has 1 aromatic heterocycles. The molecule has 6 nitrogen and oxygen atoms in total. The largest absolute Gasteiger partial charge is 0.356 e. The molecule has 28 heavy (non-hydrogen) atoms. The predicted octanol–water partition coefficient (Wildman–Crippen LogP) is 3.62. The van der Waals surface area contributed by atoms with E-state index in [9.17, 15) is 0 Å². The van der Waals surface area contributed by atoms with Gasteiger partial charge in [-0.3, -0.25) is 4.99 Å². The average molecular weight is 496 g/mol. The number of imidazole rings is 1. The molecule has 2 heterocycles. The van der Waals surface area contributed by atoms with Crippen LogP contribution in [0.5, 0.6) is 0 Å². The number of likely N-dealkylation sites (tertiary alicyclic amines) is 1. The number of guanidine groups is 1. The third-order valence-corrected chi connectivity index (χ3v) is 5.22. The van der Waals surface area contributed by atoms with Gasteiger partial charge in [0.2, 0.25) is 0 Å². The molecular weight excluding hydrogens is 463 g/mol. The highest BCUT2D eigenvalue weighted by Gasteiger charge is 2.17. The van der Waals surface area contributed by atoms with Crippen molar-refractivity contribution in [3.05, 3.63) is 42.4 Å². The van der Waals surface area contributed by atoms with E-state index < -0.39 is 0 Å². The minimum atomic E-state index is 0. The van der Waals surface area contributed by atoms with Gasteiger partial charge in [-0.25, -0.2) is 4.98 Å². The first-order chi connectivity index (χ1) is 13.3. The highest BCUT2D eigenvalue weighted by atomic mass is 127. The smallest absolute Gasteiger partial charge is 0.191 e. The molecule has 7 heteroatoms. The van der Waals surface area contributed by atoms with Gasteiger partial charge in [-0.15, -0.1) is 24.0 Å². The predicted molar refractivity (Wildman–Crippen MR) is 127 cm³/mol. The maximum atomic E-state index is 4.46. The van der Waals surface area contributed by atoms with E-state index in [1.165, 1.54) is 25.8 Å². The van der Waals surface area contributed by atoms with Crippen LogP contribution in [-0.4, -0.2) is 53.6 Å². The summed E-state index contributed by atoms with van der Waals surface area (Å²) >= 11 is 0. The summed E-state index contributed by atoms with van der Waals surface area (Å²) in [4.78, 5) is 14.7. The van der Waals surface area contributed by atoms with Gasteiger partial charge in [-0.2, -0.15) is 0 Å². The van der Waals surface area contributed by atoms with Gasteiger partial charge >= 0.3 is 0 Å². The Bertz CT molecular complexity index is 715. The van der Waals surface area contributed by atoms with E-state index >= 15 is 0 Å². The Morgan fingerprint density at radius 1 is 1.25 bits per heavy atom. The molecule has 0 spiro atoms. The van der Waals surface area contributed by atoms with E-state index in [0.717, 1.165) is 48.6 Å². The van der Waals surface area contributed by atoms with Gasteiger partial charge < -0.3 is 20.5 Å². The Kier molecular flexibility index (Phi) is 9.77. The summed E-state index contributed by atoms with van der Waals surface area (Å²) in [7, 11) is 1.81. The zero-order valence-electron chi connectivity index (χ0n) is 16.9. The SMILES string of the molecule is CN=C(NCCCN1CCCCC1C)NCc1ncc(-c2ccccc2)[nH]1.I. The summed E-state index contributed by atoms with van der Waals surface area (Å²) in [6.07, 6.45) is 7.07. The van der Waals surface area contributed by atoms with Crippen LogP contribution in [-0.2, 0) is 6.54 Å². The van der Waals surface area contributed by atoms with Crippen molar-refractivity contribution in [3.63, 3.8) is 0 Å². The van der Waals surface area contributed by atoms with Crippen molar-refractivity contribution in [3.8, 4) is 11.3 Å². The van der Waals surface area contributed by atoms with Crippen LogP contribution >= 0.6 is 24.0 Å². The average Bonchev–Trinajstić information content (AvgIpc) is 3.18. The number of hydrogen-bond acceptors (Lipinski definition) is 3. The lowest BCUT2D eigenvalue weighted by molar-refractivity contribution is 0.159. The van der Waals surface area contributed by atoms with E-state index in [1.807, 2.05) is 24.4 Å². The van der Waals surface area contributed by atoms with Crippen molar-refractivity contribution in [2.45, 2.75) is 45.2 Å². The first kappa shape index (κ1) is 22.7. The maximum Gasteiger partial charge on any atom is 0.191 e. The summed E-state index contributed by atoms with van der Waals surface area (Å²) in [5.74, 6) is 1.72. The lowest BCUT2D eigenvalue weighted by Crippen LogP contribution is -2.41. The highest BCUT2D eigenvalue weighted by Crippen LogP contribution is 2.16. The lowest BCUT2D eigenvalue weighted by Gasteiger charge is -2.33. The number of benzene rings is 1. The molecule has 1 fully saturated rings. The van der Waals surface area contributed by atoms with Crippen LogP contribution in [0.1, 0.15) is 38.4 Å². The fourth-order valence-corrected chi connectivity index (χ4v) is 3.58. The molecule has 154 valence electrons. The first-order valence-electron chi connectivity index (χ1n) is 10.0. The van der Waals surface area contributed by atoms with E-state index in [-0.39, 0.29) is 24.0 Å². The van der Waals surface area contributed by atoms with Gasteiger partial charge in [0.1, 0.15) is 5.82 Å². The van der Waals surface area contributed by atoms with Crippen molar-refractivity contribution in [1.29, 1.82) is 0 Å². The Hall–Kier alpha value is -1.61. The van der Waals surface area contributed by atoms with Crippen LogP contribution < -0.4 is 10.6 Å². The molecule has 3 N–H and O–H groups in total. The second kappa shape index (κ2) is 12.1. The number of aliphatic imine (C=N–C) groups is 1. The second-order valence-corrected chi connectivity index (χ2v) is 7.20. The fraction of sp³-hybridized carbons (Fsp3) is 0.524. The van der Waals surface area contributed by atoms with E-state index in [1.54, 1.807) is 7.05 Å². The highest BCUT2D eigenvalue weighted by molar-refractivity contribution is 14.0. The number of aromatic amines is 1. The van der Waals surface area contributed by atoms with Crippen LogP contribution in [0.3, 0.4) is 0 Å². The van der Waals surface area contributed by atoms with Crippen LogP contribution in [0.25, 0.3) is 11.3 Å². The lowest BCUT2D eigenvalue weighted by atomic mass is 10.0. The first-order valence-corrected chi connectivity index (χ1v) is 10.0. The third kappa shape index (κ3) is 6.77. The third-order valence-electron chi connectivity index (χ3n) is 5.22. The van der Waals surface area contributed by atoms with Crippen LogP contribution in [0.15, 0.2) is 41.5 Å². The maximum absolute atomic E-state index is 4.46. The molecular formula is C21H33IN6. The molecule has 0 saturated carbocycles. The molecule has 0 bridgehead atoms. The molecule has 1 unspecified atom stereocenters. The van der Waals surface area contributed by atoms with Crippen LogP contribution in [0.4, 0.5) is 0 Å². The van der Waals surface area contributed by atoms with E-state index in [2.05, 4.69) is 49.6 Å². The number of halogens is 1. The Labute approximate surface area is 185 Å². The van der Waals surface area contributed by atoms with Gasteiger partial charge in [-0.1, -0.05) is 36.8 Å². The molecule has 1 saturated heterocycles. The van der Waals surface area contributed by atoms with Crippen LogP contribution in [0.2, 0.25) is 0 Å². The van der Waals surface area contributed by atoms with Gasteiger partial charge in [0.25, 0.3) is 0 Å². The Morgan fingerprint density at radius 3 is 2.82 bits per heavy atom. The molecule has 1 aromatic carbocycles. The molecule has 0 amide bonds. The normalized spacial score (nSPS) is 17.8. The second-order valence-electron chi connectivity index (χ2n) is 7.20. The molecule has 1 aliphatic rings. The zero-order chi connectivity index (χ0) is 18.9. The minimum absolute atomic E-state index is 0. The standard InChI is InChI=1S/C21H32N6.HI/c1-17-9-6-7-13-27(17)14-8-12-23-21(22-2)25-16-20-24-15-19(26-20)18-10-4-3-5-11-18;/h3-5,10-11,15,17H,6-9,12-14,16H2,1-2H3,(H,24,26)(H2,22,23,25);1H. The molecule has 2 aromatic rings. The monoisotopic (exact) mass is 496 g/mol. The number of piperidine rings is 1. The van der Waals surface area contributed by atoms with Crippen molar-refractivity contribution in [1.82, 2.24) is 25.5 Å². The van der Waals surface area contributed by atoms with Crippen molar-refractivity contribution < 1.29 is 0 Å².